The van der Waals surface area contributed by atoms with Crippen LogP contribution < -0.4 is 5.32 Å². The van der Waals surface area contributed by atoms with Crippen molar-refractivity contribution in [2.75, 3.05) is 6.54 Å². The predicted octanol–water partition coefficient (Wildman–Crippen LogP) is 3.36. The zero-order chi connectivity index (χ0) is 11.7. The van der Waals surface area contributed by atoms with Crippen LogP contribution >= 0.6 is 0 Å². The Bertz CT molecular complexity index is 529. The molecule has 0 radical (unpaired) electrons. The van der Waals surface area contributed by atoms with E-state index in [1.54, 1.807) is 0 Å². The van der Waals surface area contributed by atoms with Crippen LogP contribution in [0.1, 0.15) is 30.9 Å². The number of benzene rings is 2. The normalized spacial score (nSPS) is 20.6. The number of hydrogen-bond donors (Lipinski definition) is 2. The first-order valence-electron chi connectivity index (χ1n) is 6.30. The molecule has 0 spiro atoms. The summed E-state index contributed by atoms with van der Waals surface area (Å²) in [6, 6.07) is 12.4. The number of hydrogen-bond acceptors (Lipinski definition) is 2. The fourth-order valence-electron chi connectivity index (χ4n) is 2.75. The first kappa shape index (κ1) is 10.6. The summed E-state index contributed by atoms with van der Waals surface area (Å²) >= 11 is 0. The Labute approximate surface area is 101 Å². The minimum Gasteiger partial charge on any atom is -0.508 e. The maximum Gasteiger partial charge on any atom is 0.120 e. The van der Waals surface area contributed by atoms with Gasteiger partial charge in [-0.1, -0.05) is 36.8 Å². The van der Waals surface area contributed by atoms with Gasteiger partial charge in [-0.2, -0.15) is 0 Å². The van der Waals surface area contributed by atoms with Crippen LogP contribution in [0.3, 0.4) is 0 Å². The van der Waals surface area contributed by atoms with Gasteiger partial charge >= 0.3 is 0 Å². The molecular formula is C15H17NO. The van der Waals surface area contributed by atoms with Gasteiger partial charge in [0.05, 0.1) is 0 Å². The standard InChI is InChI=1S/C15H17NO/c17-14-9-8-11-5-1-2-6-12(11)15(14)13-7-3-4-10-16-13/h1-2,5-6,8-9,13,16-17H,3-4,7,10H2/t13-/m1/s1. The molecule has 2 N–H and O–H groups in total. The van der Waals surface area contributed by atoms with E-state index in [2.05, 4.69) is 17.4 Å². The minimum atomic E-state index is 0.301. The average Bonchev–Trinajstić information content (AvgIpc) is 2.39. The lowest BCUT2D eigenvalue weighted by atomic mass is 9.92. The molecule has 1 aliphatic rings. The van der Waals surface area contributed by atoms with Gasteiger partial charge in [0, 0.05) is 11.6 Å². The zero-order valence-electron chi connectivity index (χ0n) is 9.82. The van der Waals surface area contributed by atoms with Gasteiger partial charge in [-0.3, -0.25) is 0 Å². The summed E-state index contributed by atoms with van der Waals surface area (Å²) in [7, 11) is 0. The number of phenolic OH excluding ortho intramolecular Hbond substituents is 1. The van der Waals surface area contributed by atoms with Gasteiger partial charge in [-0.05, 0) is 36.2 Å². The molecule has 0 unspecified atom stereocenters. The largest absolute Gasteiger partial charge is 0.508 e. The van der Waals surface area contributed by atoms with E-state index in [4.69, 9.17) is 0 Å². The maximum absolute atomic E-state index is 10.1. The van der Waals surface area contributed by atoms with Crippen molar-refractivity contribution in [3.8, 4) is 5.75 Å². The van der Waals surface area contributed by atoms with Gasteiger partial charge < -0.3 is 10.4 Å². The number of fused-ring (bicyclic) bond motifs is 1. The topological polar surface area (TPSA) is 32.3 Å². The molecule has 0 saturated carbocycles. The molecule has 1 fully saturated rings. The van der Waals surface area contributed by atoms with Crippen LogP contribution in [0.4, 0.5) is 0 Å². The van der Waals surface area contributed by atoms with E-state index in [9.17, 15) is 5.11 Å². The molecule has 88 valence electrons. The van der Waals surface area contributed by atoms with Gasteiger partial charge in [-0.25, -0.2) is 0 Å². The van der Waals surface area contributed by atoms with Crippen molar-refractivity contribution in [1.29, 1.82) is 0 Å². The fourth-order valence-corrected chi connectivity index (χ4v) is 2.75. The molecule has 3 rings (SSSR count). The molecule has 1 aliphatic heterocycles. The number of nitrogens with one attached hydrogen (secondary N) is 1. The third kappa shape index (κ3) is 1.89. The van der Waals surface area contributed by atoms with Crippen molar-refractivity contribution in [2.24, 2.45) is 0 Å². The zero-order valence-corrected chi connectivity index (χ0v) is 9.82. The highest BCUT2D eigenvalue weighted by molar-refractivity contribution is 5.88. The quantitative estimate of drug-likeness (QED) is 0.783. The summed E-state index contributed by atoms with van der Waals surface area (Å²) in [5.41, 5.74) is 1.07. The van der Waals surface area contributed by atoms with Gasteiger partial charge in [0.2, 0.25) is 0 Å². The molecule has 0 aromatic heterocycles. The molecule has 0 aliphatic carbocycles. The van der Waals surface area contributed by atoms with Crippen LogP contribution in [0.5, 0.6) is 5.75 Å². The molecule has 2 aromatic carbocycles. The Kier molecular flexibility index (Phi) is 2.73. The summed E-state index contributed by atoms with van der Waals surface area (Å²) in [6.45, 7) is 1.05. The highest BCUT2D eigenvalue weighted by Gasteiger charge is 2.19. The lowest BCUT2D eigenvalue weighted by molar-refractivity contribution is 0.393. The lowest BCUT2D eigenvalue weighted by Crippen LogP contribution is -2.26. The van der Waals surface area contributed by atoms with Crippen LogP contribution in [0.25, 0.3) is 10.8 Å². The number of aromatic hydroxyl groups is 1. The van der Waals surface area contributed by atoms with E-state index in [-0.39, 0.29) is 0 Å². The Morgan fingerprint density at radius 1 is 1.06 bits per heavy atom. The average molecular weight is 227 g/mol. The van der Waals surface area contributed by atoms with Crippen LogP contribution in [0, 0.1) is 0 Å². The van der Waals surface area contributed by atoms with E-state index in [0.29, 0.717) is 11.8 Å². The second-order valence-electron chi connectivity index (χ2n) is 4.72. The lowest BCUT2D eigenvalue weighted by Gasteiger charge is -2.25. The van der Waals surface area contributed by atoms with Crippen LogP contribution in [-0.4, -0.2) is 11.7 Å². The van der Waals surface area contributed by atoms with Crippen molar-refractivity contribution in [2.45, 2.75) is 25.3 Å². The van der Waals surface area contributed by atoms with Crippen LogP contribution in [0.2, 0.25) is 0 Å². The molecule has 2 nitrogen and oxygen atoms in total. The first-order valence-corrected chi connectivity index (χ1v) is 6.30. The van der Waals surface area contributed by atoms with E-state index in [1.165, 1.54) is 23.6 Å². The summed E-state index contributed by atoms with van der Waals surface area (Å²) in [4.78, 5) is 0. The Hall–Kier alpha value is -1.54. The monoisotopic (exact) mass is 227 g/mol. The van der Waals surface area contributed by atoms with Gasteiger partial charge in [0.25, 0.3) is 0 Å². The SMILES string of the molecule is Oc1ccc2ccccc2c1[C@H]1CCCCN1. The van der Waals surface area contributed by atoms with Gasteiger partial charge in [0.1, 0.15) is 5.75 Å². The van der Waals surface area contributed by atoms with Crippen molar-refractivity contribution >= 4 is 10.8 Å². The Balaban J connectivity index is 2.15. The smallest absolute Gasteiger partial charge is 0.120 e. The first-order chi connectivity index (χ1) is 8.36. The molecule has 0 amide bonds. The second-order valence-corrected chi connectivity index (χ2v) is 4.72. The molecule has 17 heavy (non-hydrogen) atoms. The van der Waals surface area contributed by atoms with Crippen molar-refractivity contribution in [3.05, 3.63) is 42.0 Å². The van der Waals surface area contributed by atoms with E-state index in [0.717, 1.165) is 18.5 Å². The number of piperidine rings is 1. The molecule has 1 heterocycles. The summed E-state index contributed by atoms with van der Waals surface area (Å²) in [6.07, 6.45) is 3.59. The Morgan fingerprint density at radius 2 is 1.94 bits per heavy atom. The second kappa shape index (κ2) is 4.38. The third-order valence-corrected chi connectivity index (χ3v) is 3.61. The minimum absolute atomic E-state index is 0.301. The summed E-state index contributed by atoms with van der Waals surface area (Å²) < 4.78 is 0. The third-order valence-electron chi connectivity index (χ3n) is 3.61. The van der Waals surface area contributed by atoms with E-state index >= 15 is 0 Å². The number of phenols is 1. The fraction of sp³-hybridized carbons (Fsp3) is 0.333. The Morgan fingerprint density at radius 3 is 2.76 bits per heavy atom. The predicted molar refractivity (Wildman–Crippen MR) is 70.2 cm³/mol. The van der Waals surface area contributed by atoms with Crippen LogP contribution in [0.15, 0.2) is 36.4 Å². The van der Waals surface area contributed by atoms with Crippen molar-refractivity contribution in [1.82, 2.24) is 5.32 Å². The van der Waals surface area contributed by atoms with E-state index < -0.39 is 0 Å². The van der Waals surface area contributed by atoms with Crippen molar-refractivity contribution in [3.63, 3.8) is 0 Å². The summed E-state index contributed by atoms with van der Waals surface area (Å²) in [5.74, 6) is 0.420. The molecule has 0 bridgehead atoms. The molecule has 2 heteroatoms. The maximum atomic E-state index is 10.1. The van der Waals surface area contributed by atoms with Crippen LogP contribution in [-0.2, 0) is 0 Å². The summed E-state index contributed by atoms with van der Waals surface area (Å²) in [5, 5.41) is 16.0. The molecule has 2 aromatic rings. The van der Waals surface area contributed by atoms with Gasteiger partial charge in [-0.15, -0.1) is 0 Å². The molecule has 1 atom stereocenters. The molecular weight excluding hydrogens is 210 g/mol. The highest BCUT2D eigenvalue weighted by Crippen LogP contribution is 2.35. The van der Waals surface area contributed by atoms with Crippen molar-refractivity contribution < 1.29 is 5.11 Å². The highest BCUT2D eigenvalue weighted by atomic mass is 16.3. The van der Waals surface area contributed by atoms with Gasteiger partial charge in [0.15, 0.2) is 0 Å². The van der Waals surface area contributed by atoms with E-state index in [1.807, 2.05) is 24.3 Å². The number of rotatable bonds is 1. The molecule has 1 saturated heterocycles.